The molecule has 1 atom stereocenters. The van der Waals surface area contributed by atoms with Gasteiger partial charge in [0, 0.05) is 18.3 Å². The van der Waals surface area contributed by atoms with E-state index in [9.17, 15) is 4.79 Å². The van der Waals surface area contributed by atoms with E-state index >= 15 is 0 Å². The summed E-state index contributed by atoms with van der Waals surface area (Å²) < 4.78 is 6.05. The Bertz CT molecular complexity index is 755. The largest absolute Gasteiger partial charge is 0.474 e. The number of aromatic nitrogens is 1. The second-order valence-corrected chi connectivity index (χ2v) is 7.54. The number of nitrogens with zero attached hydrogens (tertiary/aromatic N) is 1. The number of benzene rings is 1. The van der Waals surface area contributed by atoms with Crippen LogP contribution < -0.4 is 15.4 Å². The van der Waals surface area contributed by atoms with E-state index in [2.05, 4.69) is 27.8 Å². The minimum Gasteiger partial charge on any atom is -0.474 e. The maximum Gasteiger partial charge on any atom is 0.315 e. The molecular weight excluding hydrogens is 338 g/mol. The average molecular weight is 365 g/mol. The third kappa shape index (κ3) is 4.79. The molecule has 0 aliphatic heterocycles. The van der Waals surface area contributed by atoms with Crippen molar-refractivity contribution < 1.29 is 9.53 Å². The highest BCUT2D eigenvalue weighted by molar-refractivity contribution is 5.74. The lowest BCUT2D eigenvalue weighted by Gasteiger charge is -2.20. The average Bonchev–Trinajstić information content (AvgIpc) is 3.42. The highest BCUT2D eigenvalue weighted by Crippen LogP contribution is 2.40. The minimum absolute atomic E-state index is 0.0781. The molecule has 0 bridgehead atoms. The van der Waals surface area contributed by atoms with Gasteiger partial charge in [0.2, 0.25) is 5.88 Å². The highest BCUT2D eigenvalue weighted by Gasteiger charge is 2.33. The van der Waals surface area contributed by atoms with Gasteiger partial charge >= 0.3 is 6.03 Å². The predicted octanol–water partition coefficient (Wildman–Crippen LogP) is 4.35. The topological polar surface area (TPSA) is 63.2 Å². The number of amides is 2. The number of pyridine rings is 1. The van der Waals surface area contributed by atoms with Gasteiger partial charge in [0.1, 0.15) is 6.10 Å². The van der Waals surface area contributed by atoms with Gasteiger partial charge in [-0.05, 0) is 56.1 Å². The van der Waals surface area contributed by atoms with Crippen LogP contribution in [0.4, 0.5) is 4.79 Å². The number of rotatable bonds is 7. The van der Waals surface area contributed by atoms with Crippen molar-refractivity contribution in [2.45, 2.75) is 57.2 Å². The molecule has 142 valence electrons. The molecule has 2 aliphatic rings. The lowest BCUT2D eigenvalue weighted by Crippen LogP contribution is -2.38. The molecule has 27 heavy (non-hydrogen) atoms. The van der Waals surface area contributed by atoms with Crippen molar-refractivity contribution >= 4 is 6.03 Å². The van der Waals surface area contributed by atoms with Gasteiger partial charge in [0.15, 0.2) is 0 Å². The molecule has 1 heterocycles. The molecular formula is C22H27N3O2. The van der Waals surface area contributed by atoms with Crippen molar-refractivity contribution in [3.8, 4) is 5.88 Å². The molecule has 4 rings (SSSR count). The van der Waals surface area contributed by atoms with Gasteiger partial charge in [-0.2, -0.15) is 0 Å². The predicted molar refractivity (Wildman–Crippen MR) is 104 cm³/mol. The second kappa shape index (κ2) is 8.42. The summed E-state index contributed by atoms with van der Waals surface area (Å²) in [6.45, 7) is 0.411. The molecule has 1 aromatic heterocycles. The number of hydrogen-bond donors (Lipinski definition) is 2. The molecule has 2 aromatic rings. The van der Waals surface area contributed by atoms with Crippen molar-refractivity contribution in [2.24, 2.45) is 5.92 Å². The van der Waals surface area contributed by atoms with Crippen LogP contribution in [0.5, 0.6) is 5.88 Å². The first-order chi connectivity index (χ1) is 13.3. The van der Waals surface area contributed by atoms with Crippen LogP contribution >= 0.6 is 0 Å². The molecule has 2 amide bonds. The van der Waals surface area contributed by atoms with Crippen molar-refractivity contribution in [3.63, 3.8) is 0 Å². The highest BCUT2D eigenvalue weighted by atomic mass is 16.5. The van der Waals surface area contributed by atoms with Gasteiger partial charge in [-0.1, -0.05) is 36.4 Å². The molecule has 2 aliphatic carbocycles. The summed E-state index contributed by atoms with van der Waals surface area (Å²) in [5.41, 5.74) is 2.09. The number of carbonyl (C=O) groups is 1. The zero-order valence-electron chi connectivity index (χ0n) is 15.6. The van der Waals surface area contributed by atoms with E-state index in [0.29, 0.717) is 18.3 Å². The lowest BCUT2D eigenvalue weighted by molar-refractivity contribution is 0.198. The van der Waals surface area contributed by atoms with Crippen LogP contribution in [-0.2, 0) is 6.54 Å². The van der Waals surface area contributed by atoms with Gasteiger partial charge in [-0.25, -0.2) is 9.78 Å². The first-order valence-electron chi connectivity index (χ1n) is 9.99. The van der Waals surface area contributed by atoms with Gasteiger partial charge in [0.25, 0.3) is 0 Å². The molecule has 0 radical (unpaired) electrons. The van der Waals surface area contributed by atoms with Crippen molar-refractivity contribution in [2.75, 3.05) is 0 Å². The Morgan fingerprint density at radius 1 is 1.07 bits per heavy atom. The maximum atomic E-state index is 12.5. The monoisotopic (exact) mass is 365 g/mol. The van der Waals surface area contributed by atoms with Gasteiger partial charge < -0.3 is 15.4 Å². The van der Waals surface area contributed by atoms with Crippen LogP contribution in [0.3, 0.4) is 0 Å². The van der Waals surface area contributed by atoms with Gasteiger partial charge in [0.05, 0.1) is 6.04 Å². The van der Waals surface area contributed by atoms with Crippen LogP contribution in [0, 0.1) is 5.92 Å². The van der Waals surface area contributed by atoms with Gasteiger partial charge in [-0.3, -0.25) is 0 Å². The number of hydrogen-bond acceptors (Lipinski definition) is 3. The van der Waals surface area contributed by atoms with Crippen molar-refractivity contribution in [1.82, 2.24) is 15.6 Å². The summed E-state index contributed by atoms with van der Waals surface area (Å²) in [4.78, 5) is 16.9. The molecule has 1 aromatic carbocycles. The Kier molecular flexibility index (Phi) is 5.56. The molecule has 0 unspecified atom stereocenters. The molecule has 0 spiro atoms. The Morgan fingerprint density at radius 3 is 2.59 bits per heavy atom. The first-order valence-corrected chi connectivity index (χ1v) is 9.99. The molecule has 2 N–H and O–H groups in total. The van der Waals surface area contributed by atoms with E-state index in [1.165, 1.54) is 31.2 Å². The van der Waals surface area contributed by atoms with E-state index in [1.54, 1.807) is 6.20 Å². The molecule has 5 heteroatoms. The minimum atomic E-state index is -0.147. The van der Waals surface area contributed by atoms with Crippen LogP contribution in [0.2, 0.25) is 0 Å². The second-order valence-electron chi connectivity index (χ2n) is 7.54. The maximum absolute atomic E-state index is 12.5. The van der Waals surface area contributed by atoms with E-state index in [-0.39, 0.29) is 18.2 Å². The number of ether oxygens (including phenoxy) is 1. The summed E-state index contributed by atoms with van der Waals surface area (Å²) in [6.07, 6.45) is 8.94. The summed E-state index contributed by atoms with van der Waals surface area (Å²) in [5.74, 6) is 1.18. The fourth-order valence-corrected chi connectivity index (χ4v) is 3.76. The Balaban J connectivity index is 1.35. The van der Waals surface area contributed by atoms with Crippen LogP contribution in [0.1, 0.15) is 55.7 Å². The summed E-state index contributed by atoms with van der Waals surface area (Å²) >= 11 is 0. The fraction of sp³-hybridized carbons (Fsp3) is 0.455. The van der Waals surface area contributed by atoms with E-state index < -0.39 is 0 Å². The molecule has 5 nitrogen and oxygen atoms in total. The zero-order valence-corrected chi connectivity index (χ0v) is 15.6. The Morgan fingerprint density at radius 2 is 1.85 bits per heavy atom. The first kappa shape index (κ1) is 17.8. The SMILES string of the molecule is O=C(NCc1cccnc1OC1CCCC1)N[C@@H](c1ccccc1)C1CC1. The quantitative estimate of drug-likeness (QED) is 0.766. The van der Waals surface area contributed by atoms with Crippen molar-refractivity contribution in [1.29, 1.82) is 0 Å². The number of nitrogens with one attached hydrogen (secondary N) is 2. The normalized spacial score (nSPS) is 18.1. The molecule has 2 saturated carbocycles. The van der Waals surface area contributed by atoms with Crippen LogP contribution in [-0.4, -0.2) is 17.1 Å². The fourth-order valence-electron chi connectivity index (χ4n) is 3.76. The standard InChI is InChI=1S/C22H27N3O2/c26-22(25-20(17-12-13-17)16-7-2-1-3-8-16)24-15-18-9-6-14-23-21(18)27-19-10-4-5-11-19/h1-3,6-9,14,17,19-20H,4-5,10-13,15H2,(H2,24,25,26)/t20-/m0/s1. The Hall–Kier alpha value is -2.56. The van der Waals surface area contributed by atoms with Crippen molar-refractivity contribution in [3.05, 3.63) is 59.8 Å². The molecule has 0 saturated heterocycles. The van der Waals surface area contributed by atoms with E-state index in [0.717, 1.165) is 18.4 Å². The smallest absolute Gasteiger partial charge is 0.315 e. The summed E-state index contributed by atoms with van der Waals surface area (Å²) in [7, 11) is 0. The third-order valence-electron chi connectivity index (χ3n) is 5.41. The lowest BCUT2D eigenvalue weighted by atomic mass is 10.0. The van der Waals surface area contributed by atoms with E-state index in [4.69, 9.17) is 4.74 Å². The summed E-state index contributed by atoms with van der Waals surface area (Å²) in [5, 5.41) is 6.12. The van der Waals surface area contributed by atoms with Crippen LogP contribution in [0.25, 0.3) is 0 Å². The summed E-state index contributed by atoms with van der Waals surface area (Å²) in [6, 6.07) is 14.0. The van der Waals surface area contributed by atoms with E-state index in [1.807, 2.05) is 30.3 Å². The van der Waals surface area contributed by atoms with Crippen LogP contribution in [0.15, 0.2) is 48.7 Å². The zero-order chi connectivity index (χ0) is 18.5. The molecule has 2 fully saturated rings. The third-order valence-corrected chi connectivity index (χ3v) is 5.41. The Labute approximate surface area is 160 Å². The van der Waals surface area contributed by atoms with Gasteiger partial charge in [-0.15, -0.1) is 0 Å². The number of carbonyl (C=O) groups excluding carboxylic acids is 1. The number of urea groups is 1.